The van der Waals surface area contributed by atoms with Crippen LogP contribution in [0.5, 0.6) is 5.75 Å². The molecule has 8 nitrogen and oxygen atoms in total. The van der Waals surface area contributed by atoms with Crippen molar-refractivity contribution in [3.63, 3.8) is 0 Å². The lowest BCUT2D eigenvalue weighted by atomic mass is 10.1. The number of hydrogen-bond donors (Lipinski definition) is 1. The van der Waals surface area contributed by atoms with Crippen LogP contribution in [-0.4, -0.2) is 50.9 Å². The first kappa shape index (κ1) is 30.1. The standard InChI is InChI=1S/C32H39N3O5S/c1-4-30(32(37)33-26-13-8-9-14-26)34(22-25-12-10-11-24(2)21-25)31(36)23-35(27-15-6-5-7-16-27)41(38,39)29-19-17-28(40-3)18-20-29/h5-7,10-12,15-21,26,30H,4,8-9,13-14,22-23H2,1-3H3,(H,33,37)/t30-/m0/s1. The number of methoxy groups -OCH3 is 1. The van der Waals surface area contributed by atoms with Crippen LogP contribution in [0.3, 0.4) is 0 Å². The first-order chi connectivity index (χ1) is 19.7. The number of aryl methyl sites for hydroxylation is 1. The number of para-hydroxylation sites is 1. The van der Waals surface area contributed by atoms with Crippen molar-refractivity contribution in [3.8, 4) is 5.75 Å². The van der Waals surface area contributed by atoms with Crippen molar-refractivity contribution in [1.82, 2.24) is 10.2 Å². The van der Waals surface area contributed by atoms with Gasteiger partial charge in [-0.05, 0) is 68.1 Å². The average Bonchev–Trinajstić information content (AvgIpc) is 3.49. The van der Waals surface area contributed by atoms with Crippen LogP contribution < -0.4 is 14.4 Å². The van der Waals surface area contributed by atoms with Crippen LogP contribution in [0.1, 0.15) is 50.2 Å². The molecule has 218 valence electrons. The van der Waals surface area contributed by atoms with Gasteiger partial charge in [0.2, 0.25) is 11.8 Å². The second-order valence-corrected chi connectivity index (χ2v) is 12.3. The topological polar surface area (TPSA) is 96.0 Å². The summed E-state index contributed by atoms with van der Waals surface area (Å²) in [6, 6.07) is 21.7. The zero-order valence-electron chi connectivity index (χ0n) is 24.0. The van der Waals surface area contributed by atoms with Crippen LogP contribution in [0, 0.1) is 6.92 Å². The highest BCUT2D eigenvalue weighted by molar-refractivity contribution is 7.92. The lowest BCUT2D eigenvalue weighted by Gasteiger charge is -2.33. The molecule has 1 aliphatic rings. The molecule has 0 spiro atoms. The molecular weight excluding hydrogens is 538 g/mol. The van der Waals surface area contributed by atoms with Gasteiger partial charge < -0.3 is 15.0 Å². The number of anilines is 1. The lowest BCUT2D eigenvalue weighted by Crippen LogP contribution is -2.53. The third kappa shape index (κ3) is 7.47. The molecule has 3 aromatic carbocycles. The van der Waals surface area contributed by atoms with Crippen molar-refractivity contribution in [2.24, 2.45) is 0 Å². The molecule has 0 unspecified atom stereocenters. The highest BCUT2D eigenvalue weighted by Crippen LogP contribution is 2.26. The maximum absolute atomic E-state index is 14.2. The van der Waals surface area contributed by atoms with Gasteiger partial charge in [0.05, 0.1) is 17.7 Å². The van der Waals surface area contributed by atoms with E-state index < -0.39 is 28.5 Å². The van der Waals surface area contributed by atoms with E-state index in [-0.39, 0.29) is 23.4 Å². The minimum absolute atomic E-state index is 0.0335. The summed E-state index contributed by atoms with van der Waals surface area (Å²) < 4.78 is 34.2. The Morgan fingerprint density at radius 2 is 1.66 bits per heavy atom. The first-order valence-corrected chi connectivity index (χ1v) is 15.5. The molecular formula is C32H39N3O5S. The second-order valence-electron chi connectivity index (χ2n) is 10.4. The highest BCUT2D eigenvalue weighted by atomic mass is 32.2. The summed E-state index contributed by atoms with van der Waals surface area (Å²) in [5.74, 6) is -0.139. The Morgan fingerprint density at radius 3 is 2.27 bits per heavy atom. The van der Waals surface area contributed by atoms with Gasteiger partial charge in [0.15, 0.2) is 0 Å². The van der Waals surface area contributed by atoms with Crippen molar-refractivity contribution in [2.45, 2.75) is 69.5 Å². The SMILES string of the molecule is CC[C@@H](C(=O)NC1CCCC1)N(Cc1cccc(C)c1)C(=O)CN(c1ccccc1)S(=O)(=O)c1ccc(OC)cc1. The molecule has 1 saturated carbocycles. The Kier molecular flexibility index (Phi) is 10.0. The summed E-state index contributed by atoms with van der Waals surface area (Å²) in [7, 11) is -2.62. The van der Waals surface area contributed by atoms with Crippen LogP contribution >= 0.6 is 0 Å². The minimum atomic E-state index is -4.13. The van der Waals surface area contributed by atoms with Crippen molar-refractivity contribution >= 4 is 27.5 Å². The van der Waals surface area contributed by atoms with E-state index >= 15 is 0 Å². The largest absolute Gasteiger partial charge is 0.497 e. The van der Waals surface area contributed by atoms with E-state index in [0.717, 1.165) is 41.1 Å². The fourth-order valence-electron chi connectivity index (χ4n) is 5.29. The molecule has 1 fully saturated rings. The molecule has 0 saturated heterocycles. The summed E-state index contributed by atoms with van der Waals surface area (Å²) >= 11 is 0. The zero-order valence-corrected chi connectivity index (χ0v) is 24.8. The Hall–Kier alpha value is -3.85. The normalized spacial score (nSPS) is 14.3. The number of nitrogens with one attached hydrogen (secondary N) is 1. The van der Waals surface area contributed by atoms with E-state index in [1.807, 2.05) is 38.1 Å². The van der Waals surface area contributed by atoms with Gasteiger partial charge in [-0.3, -0.25) is 13.9 Å². The van der Waals surface area contributed by atoms with Gasteiger partial charge in [0.1, 0.15) is 18.3 Å². The molecule has 0 aromatic heterocycles. The molecule has 2 amide bonds. The molecule has 1 aliphatic carbocycles. The predicted octanol–water partition coefficient (Wildman–Crippen LogP) is 5.07. The van der Waals surface area contributed by atoms with E-state index in [4.69, 9.17) is 4.74 Å². The van der Waals surface area contributed by atoms with E-state index in [9.17, 15) is 18.0 Å². The maximum atomic E-state index is 14.2. The van der Waals surface area contributed by atoms with Gasteiger partial charge in [0.25, 0.3) is 10.0 Å². The van der Waals surface area contributed by atoms with E-state index in [1.54, 1.807) is 42.5 Å². The van der Waals surface area contributed by atoms with Crippen molar-refractivity contribution in [3.05, 3.63) is 90.0 Å². The Bertz CT molecular complexity index is 1420. The Balaban J connectivity index is 1.69. The summed E-state index contributed by atoms with van der Waals surface area (Å²) in [4.78, 5) is 29.2. The molecule has 0 bridgehead atoms. The molecule has 0 aliphatic heterocycles. The van der Waals surface area contributed by atoms with E-state index in [0.29, 0.717) is 17.9 Å². The summed E-state index contributed by atoms with van der Waals surface area (Å²) in [5.41, 5.74) is 2.26. The Labute approximate surface area is 243 Å². The summed E-state index contributed by atoms with van der Waals surface area (Å²) in [6.07, 6.45) is 4.39. The average molecular weight is 578 g/mol. The van der Waals surface area contributed by atoms with Gasteiger partial charge in [-0.1, -0.05) is 67.8 Å². The lowest BCUT2D eigenvalue weighted by molar-refractivity contribution is -0.140. The molecule has 9 heteroatoms. The monoisotopic (exact) mass is 577 g/mol. The molecule has 3 aromatic rings. The van der Waals surface area contributed by atoms with Gasteiger partial charge in [-0.2, -0.15) is 0 Å². The Morgan fingerprint density at radius 1 is 0.976 bits per heavy atom. The second kappa shape index (κ2) is 13.7. The molecule has 0 radical (unpaired) electrons. The van der Waals surface area contributed by atoms with Gasteiger partial charge >= 0.3 is 0 Å². The predicted molar refractivity (Wildman–Crippen MR) is 160 cm³/mol. The molecule has 0 heterocycles. The minimum Gasteiger partial charge on any atom is -0.497 e. The highest BCUT2D eigenvalue weighted by Gasteiger charge is 2.34. The first-order valence-electron chi connectivity index (χ1n) is 14.1. The molecule has 41 heavy (non-hydrogen) atoms. The van der Waals surface area contributed by atoms with Crippen LogP contribution in [0.4, 0.5) is 5.69 Å². The van der Waals surface area contributed by atoms with Gasteiger partial charge in [-0.25, -0.2) is 8.42 Å². The zero-order chi connectivity index (χ0) is 29.4. The van der Waals surface area contributed by atoms with Crippen LogP contribution in [0.2, 0.25) is 0 Å². The number of benzene rings is 3. The fraction of sp³-hybridized carbons (Fsp3) is 0.375. The van der Waals surface area contributed by atoms with Crippen LogP contribution in [-0.2, 0) is 26.2 Å². The number of rotatable bonds is 12. The fourth-order valence-corrected chi connectivity index (χ4v) is 6.71. The maximum Gasteiger partial charge on any atom is 0.264 e. The van der Waals surface area contributed by atoms with Gasteiger partial charge in [-0.15, -0.1) is 0 Å². The number of carbonyl (C=O) groups is 2. The third-order valence-corrected chi connectivity index (χ3v) is 9.28. The van der Waals surface area contributed by atoms with Crippen molar-refractivity contribution in [1.29, 1.82) is 0 Å². The van der Waals surface area contributed by atoms with E-state index in [1.165, 1.54) is 24.1 Å². The summed E-state index contributed by atoms with van der Waals surface area (Å²) in [5, 5.41) is 3.14. The number of nitrogens with zero attached hydrogens (tertiary/aromatic N) is 2. The quantitative estimate of drug-likeness (QED) is 0.325. The van der Waals surface area contributed by atoms with Gasteiger partial charge in [0, 0.05) is 12.6 Å². The smallest absolute Gasteiger partial charge is 0.264 e. The summed E-state index contributed by atoms with van der Waals surface area (Å²) in [6.45, 7) is 3.57. The third-order valence-electron chi connectivity index (χ3n) is 7.49. The van der Waals surface area contributed by atoms with Crippen LogP contribution in [0.15, 0.2) is 83.8 Å². The number of sulfonamides is 1. The number of carbonyl (C=O) groups excluding carboxylic acids is 2. The number of hydrogen-bond acceptors (Lipinski definition) is 5. The van der Waals surface area contributed by atoms with Crippen LogP contribution in [0.25, 0.3) is 0 Å². The molecule has 4 rings (SSSR count). The van der Waals surface area contributed by atoms with Crippen molar-refractivity contribution in [2.75, 3.05) is 18.0 Å². The van der Waals surface area contributed by atoms with Crippen molar-refractivity contribution < 1.29 is 22.7 Å². The number of ether oxygens (including phenoxy) is 1. The van der Waals surface area contributed by atoms with E-state index in [2.05, 4.69) is 5.32 Å². The number of amides is 2. The molecule has 1 N–H and O–H groups in total. The molecule has 1 atom stereocenters.